The van der Waals surface area contributed by atoms with Crippen LogP contribution in [0, 0.1) is 0 Å². The van der Waals surface area contributed by atoms with Gasteiger partial charge in [-0.05, 0) is 105 Å². The highest BCUT2D eigenvalue weighted by atomic mass is 32.1. The molecule has 12 aromatic rings. The highest BCUT2D eigenvalue weighted by Gasteiger charge is 2.26. The summed E-state index contributed by atoms with van der Waals surface area (Å²) in [5, 5.41) is 11.3. The van der Waals surface area contributed by atoms with E-state index in [0.717, 1.165) is 0 Å². The summed E-state index contributed by atoms with van der Waals surface area (Å²) in [5.74, 6) is 0. The Morgan fingerprint density at radius 1 is 0.230 bits per heavy atom. The molecule has 61 heavy (non-hydrogen) atoms. The van der Waals surface area contributed by atoms with Gasteiger partial charge in [-0.3, -0.25) is 0 Å². The van der Waals surface area contributed by atoms with Crippen LogP contribution >= 0.6 is 11.3 Å². The lowest BCUT2D eigenvalue weighted by Crippen LogP contribution is -1.93. The van der Waals surface area contributed by atoms with Gasteiger partial charge in [0.05, 0.1) is 0 Å². The van der Waals surface area contributed by atoms with Crippen LogP contribution in [-0.2, 0) is 0 Å². The van der Waals surface area contributed by atoms with Crippen LogP contribution < -0.4 is 0 Å². The minimum Gasteiger partial charge on any atom is -0.134 e. The van der Waals surface area contributed by atoms with Gasteiger partial charge in [0.1, 0.15) is 0 Å². The largest absolute Gasteiger partial charge is 0.134 e. The molecule has 0 unspecified atom stereocenters. The van der Waals surface area contributed by atoms with Crippen molar-refractivity contribution in [1.82, 2.24) is 0 Å². The van der Waals surface area contributed by atoms with Crippen LogP contribution in [0.2, 0.25) is 0 Å². The van der Waals surface area contributed by atoms with Crippen LogP contribution in [0.1, 0.15) is 0 Å². The summed E-state index contributed by atoms with van der Waals surface area (Å²) in [4.78, 5) is 1.29. The Bertz CT molecular complexity index is 3600. The SMILES string of the molecule is c1ccc(-c2sc3c(-c4ccccc4)c(-c4ccc5c(-c6ccccc6)c6ccccc6c(-c6ccccc6)c5c4)c4ccccc4c3c2-c2ccc3ccccc3c2)cc1. The molecule has 0 amide bonds. The summed E-state index contributed by atoms with van der Waals surface area (Å²) in [6.07, 6.45) is 0. The molecule has 0 N–H and O–H groups in total. The molecule has 284 valence electrons. The third kappa shape index (κ3) is 5.81. The van der Waals surface area contributed by atoms with Crippen LogP contribution in [0.15, 0.2) is 231 Å². The van der Waals surface area contributed by atoms with Crippen LogP contribution in [0.4, 0.5) is 0 Å². The predicted octanol–water partition coefficient (Wildman–Crippen LogP) is 17.5. The second-order valence-electron chi connectivity index (χ2n) is 15.9. The van der Waals surface area contributed by atoms with Gasteiger partial charge in [-0.1, -0.05) is 218 Å². The molecular formula is C60H38S. The van der Waals surface area contributed by atoms with Gasteiger partial charge < -0.3 is 0 Å². The fourth-order valence-electron chi connectivity index (χ4n) is 9.79. The van der Waals surface area contributed by atoms with E-state index in [1.807, 2.05) is 11.3 Å². The Hall–Kier alpha value is -7.58. The number of hydrogen-bond donors (Lipinski definition) is 0. The molecule has 0 radical (unpaired) electrons. The first-order chi connectivity index (χ1) is 30.3. The highest BCUT2D eigenvalue weighted by molar-refractivity contribution is 7.24. The topological polar surface area (TPSA) is 0 Å². The highest BCUT2D eigenvalue weighted by Crippen LogP contribution is 2.55. The summed E-state index contributed by atoms with van der Waals surface area (Å²) >= 11 is 1.93. The molecule has 1 aromatic heterocycles. The molecule has 0 saturated heterocycles. The lowest BCUT2D eigenvalue weighted by Gasteiger charge is -2.21. The molecule has 0 spiro atoms. The minimum atomic E-state index is 1.21. The van der Waals surface area contributed by atoms with E-state index in [0.29, 0.717) is 0 Å². The van der Waals surface area contributed by atoms with E-state index in [-0.39, 0.29) is 0 Å². The van der Waals surface area contributed by atoms with E-state index < -0.39 is 0 Å². The second-order valence-corrected chi connectivity index (χ2v) is 16.9. The predicted molar refractivity (Wildman–Crippen MR) is 264 cm³/mol. The summed E-state index contributed by atoms with van der Waals surface area (Å²) in [7, 11) is 0. The van der Waals surface area contributed by atoms with E-state index in [1.165, 1.54) is 119 Å². The van der Waals surface area contributed by atoms with Gasteiger partial charge in [0, 0.05) is 26.1 Å². The standard InChI is InChI=1S/C60H38S/c1-5-20-40(21-6-1)53-47-29-15-16-30-48(47)54(41-22-7-2-8-23-41)52-38-46(35-36-51(52)53)55-49-31-17-18-32-50(49)58-57(45-34-33-39-19-13-14-28-44(39)37-45)59(43-26-11-4-12-27-43)61-60(58)56(55)42-24-9-3-10-25-42/h1-38H. The molecule has 0 saturated carbocycles. The molecule has 0 aliphatic rings. The molecule has 1 heterocycles. The van der Waals surface area contributed by atoms with Crippen LogP contribution in [-0.4, -0.2) is 0 Å². The number of rotatable bonds is 6. The van der Waals surface area contributed by atoms with Gasteiger partial charge in [-0.25, -0.2) is 0 Å². The number of fused-ring (bicyclic) bond motifs is 6. The Kier molecular flexibility index (Phi) is 8.47. The Morgan fingerprint density at radius 2 is 0.656 bits per heavy atom. The first kappa shape index (κ1) is 35.4. The first-order valence-electron chi connectivity index (χ1n) is 21.0. The average molecular weight is 791 g/mol. The van der Waals surface area contributed by atoms with Crippen LogP contribution in [0.3, 0.4) is 0 Å². The van der Waals surface area contributed by atoms with Gasteiger partial charge in [-0.2, -0.15) is 0 Å². The van der Waals surface area contributed by atoms with Crippen molar-refractivity contribution in [2.24, 2.45) is 0 Å². The van der Waals surface area contributed by atoms with Crippen molar-refractivity contribution in [1.29, 1.82) is 0 Å². The first-order valence-corrected chi connectivity index (χ1v) is 21.8. The number of benzene rings is 11. The average Bonchev–Trinajstić information content (AvgIpc) is 3.74. The molecule has 12 rings (SSSR count). The Labute approximate surface area is 359 Å². The fraction of sp³-hybridized carbons (Fsp3) is 0. The lowest BCUT2D eigenvalue weighted by molar-refractivity contribution is 1.64. The third-order valence-corrected chi connectivity index (χ3v) is 13.7. The molecule has 0 nitrogen and oxygen atoms in total. The maximum atomic E-state index is 2.49. The minimum absolute atomic E-state index is 1.21. The van der Waals surface area contributed by atoms with Crippen molar-refractivity contribution < 1.29 is 0 Å². The normalized spacial score (nSPS) is 11.6. The maximum Gasteiger partial charge on any atom is 0.0446 e. The van der Waals surface area contributed by atoms with E-state index in [9.17, 15) is 0 Å². The monoisotopic (exact) mass is 790 g/mol. The van der Waals surface area contributed by atoms with Crippen LogP contribution in [0.25, 0.3) is 119 Å². The maximum absolute atomic E-state index is 2.49. The van der Waals surface area contributed by atoms with E-state index in [1.54, 1.807) is 0 Å². The summed E-state index contributed by atoms with van der Waals surface area (Å²) in [6, 6.07) is 85.0. The van der Waals surface area contributed by atoms with E-state index >= 15 is 0 Å². The fourth-order valence-corrected chi connectivity index (χ4v) is 11.2. The van der Waals surface area contributed by atoms with Crippen LogP contribution in [0.5, 0.6) is 0 Å². The zero-order chi connectivity index (χ0) is 40.3. The zero-order valence-corrected chi connectivity index (χ0v) is 34.2. The zero-order valence-electron chi connectivity index (χ0n) is 33.3. The van der Waals surface area contributed by atoms with Crippen molar-refractivity contribution in [3.05, 3.63) is 231 Å². The lowest BCUT2D eigenvalue weighted by atomic mass is 9.82. The summed E-state index contributed by atoms with van der Waals surface area (Å²) in [6.45, 7) is 0. The molecule has 0 aliphatic heterocycles. The number of hydrogen-bond acceptors (Lipinski definition) is 1. The quantitative estimate of drug-likeness (QED) is 0.147. The van der Waals surface area contributed by atoms with E-state index in [2.05, 4.69) is 231 Å². The summed E-state index contributed by atoms with van der Waals surface area (Å²) < 4.78 is 1.30. The van der Waals surface area contributed by atoms with E-state index in [4.69, 9.17) is 0 Å². The van der Waals surface area contributed by atoms with Crippen molar-refractivity contribution >= 4 is 64.5 Å². The molecule has 11 aromatic carbocycles. The Morgan fingerprint density at radius 3 is 1.26 bits per heavy atom. The van der Waals surface area contributed by atoms with Gasteiger partial charge in [0.25, 0.3) is 0 Å². The van der Waals surface area contributed by atoms with Crippen molar-refractivity contribution in [2.45, 2.75) is 0 Å². The molecule has 0 fully saturated rings. The third-order valence-electron chi connectivity index (χ3n) is 12.4. The van der Waals surface area contributed by atoms with Gasteiger partial charge in [0.15, 0.2) is 0 Å². The van der Waals surface area contributed by atoms with Crippen molar-refractivity contribution in [3.8, 4) is 66.1 Å². The van der Waals surface area contributed by atoms with Gasteiger partial charge in [0.2, 0.25) is 0 Å². The van der Waals surface area contributed by atoms with Gasteiger partial charge >= 0.3 is 0 Å². The second kappa shape index (κ2) is 14.6. The molecule has 1 heteroatoms. The Balaban J connectivity index is 1.25. The van der Waals surface area contributed by atoms with Crippen molar-refractivity contribution in [3.63, 3.8) is 0 Å². The smallest absolute Gasteiger partial charge is 0.0446 e. The molecule has 0 bridgehead atoms. The van der Waals surface area contributed by atoms with Crippen molar-refractivity contribution in [2.75, 3.05) is 0 Å². The van der Waals surface area contributed by atoms with Gasteiger partial charge in [-0.15, -0.1) is 11.3 Å². The molecule has 0 aliphatic carbocycles. The number of thiophene rings is 1. The molecular weight excluding hydrogens is 753 g/mol. The summed E-state index contributed by atoms with van der Waals surface area (Å²) in [5.41, 5.74) is 13.7. The molecule has 0 atom stereocenters.